The molecule has 1 aromatic carbocycles. The summed E-state index contributed by atoms with van der Waals surface area (Å²) in [6.45, 7) is 2.29. The highest BCUT2D eigenvalue weighted by Crippen LogP contribution is 2.39. The number of sulfonamides is 1. The van der Waals surface area contributed by atoms with Crippen LogP contribution in [0.5, 0.6) is 0 Å². The molecule has 3 aliphatic rings. The van der Waals surface area contributed by atoms with E-state index in [1.54, 1.807) is 24.3 Å². The van der Waals surface area contributed by atoms with E-state index in [1.165, 1.54) is 4.31 Å². The van der Waals surface area contributed by atoms with E-state index < -0.39 is 15.7 Å². The number of rotatable bonds is 3. The van der Waals surface area contributed by atoms with Crippen LogP contribution in [-0.4, -0.2) is 56.5 Å². The normalized spacial score (nSPS) is 23.4. The lowest BCUT2D eigenvalue weighted by atomic mass is 9.87. The number of anilines is 1. The van der Waals surface area contributed by atoms with Crippen LogP contribution in [0, 0.1) is 0 Å². The van der Waals surface area contributed by atoms with Crippen molar-refractivity contribution in [3.8, 4) is 0 Å². The highest BCUT2D eigenvalue weighted by Gasteiger charge is 2.42. The summed E-state index contributed by atoms with van der Waals surface area (Å²) in [7, 11) is -3.50. The Hall–Kier alpha value is -2.17. The first-order valence-electron chi connectivity index (χ1n) is 9.73. The molecular formula is C18H27N7O2S. The van der Waals surface area contributed by atoms with Gasteiger partial charge in [0, 0.05) is 31.9 Å². The molecule has 2 heterocycles. The van der Waals surface area contributed by atoms with Crippen LogP contribution in [0.25, 0.3) is 0 Å². The van der Waals surface area contributed by atoms with E-state index in [9.17, 15) is 8.42 Å². The summed E-state index contributed by atoms with van der Waals surface area (Å²) in [6.07, 6.45) is 4.91. The molecule has 0 atom stereocenters. The molecule has 1 saturated heterocycles. The third-order valence-corrected chi connectivity index (χ3v) is 7.57. The average molecular weight is 406 g/mol. The standard InChI is InChI=1S/C18H27N7O2S/c19-16-22-17(20)25(18(23-16)8-2-1-3-9-18)14-4-6-15(7-5-14)28(26,27)24-12-10-21-11-13-24/h4-7,21H,1-3,8-13H2,(H4,19,20,22,23). The fraction of sp³-hybridized carbons (Fsp3) is 0.556. The Balaban J connectivity index is 1.65. The van der Waals surface area contributed by atoms with Crippen LogP contribution in [0.2, 0.25) is 0 Å². The minimum Gasteiger partial charge on any atom is -0.369 e. The highest BCUT2D eigenvalue weighted by molar-refractivity contribution is 7.89. The van der Waals surface area contributed by atoms with E-state index in [0.29, 0.717) is 32.1 Å². The molecule has 2 aliphatic heterocycles. The van der Waals surface area contributed by atoms with Crippen molar-refractivity contribution in [3.63, 3.8) is 0 Å². The molecule has 0 aromatic heterocycles. The van der Waals surface area contributed by atoms with Crippen molar-refractivity contribution in [2.75, 3.05) is 31.1 Å². The monoisotopic (exact) mass is 405 g/mol. The molecule has 152 valence electrons. The van der Waals surface area contributed by atoms with Crippen LogP contribution in [0.1, 0.15) is 32.1 Å². The molecule has 1 aromatic rings. The van der Waals surface area contributed by atoms with Crippen molar-refractivity contribution in [2.45, 2.75) is 42.7 Å². The predicted molar refractivity (Wildman–Crippen MR) is 110 cm³/mol. The molecule has 28 heavy (non-hydrogen) atoms. The van der Waals surface area contributed by atoms with Crippen LogP contribution in [-0.2, 0) is 10.0 Å². The van der Waals surface area contributed by atoms with Gasteiger partial charge in [0.05, 0.1) is 4.90 Å². The van der Waals surface area contributed by atoms with Crippen molar-refractivity contribution in [2.24, 2.45) is 21.5 Å². The Bertz CT molecular complexity index is 883. The van der Waals surface area contributed by atoms with Crippen LogP contribution >= 0.6 is 0 Å². The largest absolute Gasteiger partial charge is 0.369 e. The third-order valence-electron chi connectivity index (χ3n) is 5.66. The van der Waals surface area contributed by atoms with Crippen molar-refractivity contribution >= 4 is 27.6 Å². The zero-order chi connectivity index (χ0) is 19.8. The Morgan fingerprint density at radius 3 is 2.29 bits per heavy atom. The van der Waals surface area contributed by atoms with E-state index >= 15 is 0 Å². The number of piperazine rings is 1. The van der Waals surface area contributed by atoms with Crippen molar-refractivity contribution in [1.29, 1.82) is 0 Å². The van der Waals surface area contributed by atoms with Crippen LogP contribution in [0.3, 0.4) is 0 Å². The number of hydrogen-bond acceptors (Lipinski definition) is 8. The summed E-state index contributed by atoms with van der Waals surface area (Å²) in [5.41, 5.74) is 12.4. The second-order valence-corrected chi connectivity index (χ2v) is 9.40. The van der Waals surface area contributed by atoms with Gasteiger partial charge in [-0.3, -0.25) is 4.90 Å². The number of benzene rings is 1. The van der Waals surface area contributed by atoms with E-state index in [2.05, 4.69) is 15.3 Å². The first-order chi connectivity index (χ1) is 13.4. The van der Waals surface area contributed by atoms with Crippen LogP contribution < -0.4 is 21.7 Å². The number of aliphatic imine (C=N–C) groups is 2. The van der Waals surface area contributed by atoms with Gasteiger partial charge in [0.15, 0.2) is 0 Å². The minimum absolute atomic E-state index is 0.202. The zero-order valence-electron chi connectivity index (χ0n) is 15.8. The average Bonchev–Trinajstić information content (AvgIpc) is 2.69. The Labute approximate surface area is 165 Å². The van der Waals surface area contributed by atoms with E-state index in [1.807, 2.05) is 4.90 Å². The summed E-state index contributed by atoms with van der Waals surface area (Å²) in [5, 5.41) is 3.17. The van der Waals surface area contributed by atoms with Crippen molar-refractivity contribution < 1.29 is 8.42 Å². The van der Waals surface area contributed by atoms with Gasteiger partial charge in [-0.25, -0.2) is 13.4 Å². The number of nitrogens with zero attached hydrogens (tertiary/aromatic N) is 4. The van der Waals surface area contributed by atoms with Gasteiger partial charge in [0.25, 0.3) is 0 Å². The fourth-order valence-electron chi connectivity index (χ4n) is 4.30. The molecule has 5 N–H and O–H groups in total. The van der Waals surface area contributed by atoms with Gasteiger partial charge >= 0.3 is 0 Å². The Morgan fingerprint density at radius 1 is 1.00 bits per heavy atom. The molecule has 1 spiro atoms. The number of nitrogens with two attached hydrogens (primary N) is 2. The van der Waals surface area contributed by atoms with Gasteiger partial charge < -0.3 is 16.8 Å². The lowest BCUT2D eigenvalue weighted by molar-refractivity contribution is 0.305. The molecule has 0 radical (unpaired) electrons. The zero-order valence-corrected chi connectivity index (χ0v) is 16.7. The van der Waals surface area contributed by atoms with Crippen molar-refractivity contribution in [3.05, 3.63) is 24.3 Å². The molecule has 0 unspecified atom stereocenters. The van der Waals surface area contributed by atoms with Crippen molar-refractivity contribution in [1.82, 2.24) is 9.62 Å². The van der Waals surface area contributed by atoms with Gasteiger partial charge in [-0.15, -0.1) is 0 Å². The quantitative estimate of drug-likeness (QED) is 0.667. The number of nitrogens with one attached hydrogen (secondary N) is 1. The molecular weight excluding hydrogens is 378 g/mol. The van der Waals surface area contributed by atoms with Gasteiger partial charge in [-0.2, -0.15) is 9.30 Å². The molecule has 10 heteroatoms. The molecule has 1 saturated carbocycles. The summed E-state index contributed by atoms with van der Waals surface area (Å²) in [6, 6.07) is 6.84. The Kier molecular flexibility index (Phi) is 5.02. The van der Waals surface area contributed by atoms with E-state index in [0.717, 1.165) is 37.8 Å². The van der Waals surface area contributed by atoms with E-state index in [4.69, 9.17) is 11.5 Å². The maximum Gasteiger partial charge on any atom is 0.243 e. The molecule has 0 bridgehead atoms. The lowest BCUT2D eigenvalue weighted by Crippen LogP contribution is -2.58. The Morgan fingerprint density at radius 2 is 1.64 bits per heavy atom. The van der Waals surface area contributed by atoms with Crippen LogP contribution in [0.15, 0.2) is 39.1 Å². The minimum atomic E-state index is -3.50. The molecule has 4 rings (SSSR count). The first-order valence-corrected chi connectivity index (χ1v) is 11.2. The topological polar surface area (TPSA) is 129 Å². The first kappa shape index (κ1) is 19.2. The molecule has 0 amide bonds. The molecule has 9 nitrogen and oxygen atoms in total. The second kappa shape index (κ2) is 7.34. The predicted octanol–water partition coefficient (Wildman–Crippen LogP) is 0.390. The summed E-state index contributed by atoms with van der Waals surface area (Å²) >= 11 is 0. The number of guanidine groups is 2. The fourth-order valence-corrected chi connectivity index (χ4v) is 5.74. The number of hydrogen-bond donors (Lipinski definition) is 3. The summed E-state index contributed by atoms with van der Waals surface area (Å²) < 4.78 is 27.3. The summed E-state index contributed by atoms with van der Waals surface area (Å²) in [5.74, 6) is 0.501. The van der Waals surface area contributed by atoms with Gasteiger partial charge in [-0.1, -0.05) is 6.42 Å². The maximum atomic E-state index is 12.9. The van der Waals surface area contributed by atoms with Crippen LogP contribution in [0.4, 0.5) is 5.69 Å². The molecule has 1 aliphatic carbocycles. The molecule has 2 fully saturated rings. The highest BCUT2D eigenvalue weighted by atomic mass is 32.2. The van der Waals surface area contributed by atoms with Gasteiger partial charge in [-0.05, 0) is 49.9 Å². The third kappa shape index (κ3) is 3.36. The van der Waals surface area contributed by atoms with E-state index in [-0.39, 0.29) is 10.9 Å². The lowest BCUT2D eigenvalue weighted by Gasteiger charge is -2.45. The second-order valence-electron chi connectivity index (χ2n) is 7.47. The maximum absolute atomic E-state index is 12.9. The SMILES string of the molecule is NC1=NC2(CCCCC2)N(c2ccc(S(=O)(=O)N3CCNCC3)cc2)C(N)=N1. The summed E-state index contributed by atoms with van der Waals surface area (Å²) in [4.78, 5) is 11.0. The van der Waals surface area contributed by atoms with Gasteiger partial charge in [0.2, 0.25) is 21.9 Å². The van der Waals surface area contributed by atoms with Gasteiger partial charge in [0.1, 0.15) is 5.66 Å². The smallest absolute Gasteiger partial charge is 0.243 e.